The average Bonchev–Trinajstić information content (AvgIpc) is 2.26. The third-order valence-corrected chi connectivity index (χ3v) is 3.45. The van der Waals surface area contributed by atoms with Gasteiger partial charge in [-0.2, -0.15) is 0 Å². The van der Waals surface area contributed by atoms with E-state index in [1.807, 2.05) is 6.07 Å². The van der Waals surface area contributed by atoms with Gasteiger partial charge < -0.3 is 10.4 Å². The van der Waals surface area contributed by atoms with Crippen LogP contribution in [0, 0.1) is 11.8 Å². The second-order valence-electron chi connectivity index (χ2n) is 4.53. The van der Waals surface area contributed by atoms with E-state index in [0.29, 0.717) is 11.8 Å². The van der Waals surface area contributed by atoms with Crippen LogP contribution in [0.2, 0.25) is 0 Å². The Morgan fingerprint density at radius 2 is 2.00 bits per heavy atom. The van der Waals surface area contributed by atoms with Crippen LogP contribution < -0.4 is 5.32 Å². The minimum absolute atomic E-state index is 0.188. The summed E-state index contributed by atoms with van der Waals surface area (Å²) in [6.45, 7) is 3.92. The van der Waals surface area contributed by atoms with E-state index in [9.17, 15) is 5.11 Å². The molecule has 0 bridgehead atoms. The number of hydrogen-bond acceptors (Lipinski definition) is 2. The van der Waals surface area contributed by atoms with Crippen LogP contribution in [-0.2, 0) is 6.42 Å². The van der Waals surface area contributed by atoms with E-state index in [4.69, 9.17) is 0 Å². The van der Waals surface area contributed by atoms with E-state index in [2.05, 4.69) is 36.5 Å². The van der Waals surface area contributed by atoms with Gasteiger partial charge in [0.05, 0.1) is 6.10 Å². The molecule has 1 aromatic rings. The van der Waals surface area contributed by atoms with Gasteiger partial charge in [0.1, 0.15) is 0 Å². The number of piperidine rings is 1. The maximum atomic E-state index is 9.76. The number of nitrogens with one attached hydrogen (secondary N) is 1. The van der Waals surface area contributed by atoms with E-state index >= 15 is 0 Å². The predicted molar refractivity (Wildman–Crippen MR) is 61.7 cm³/mol. The summed E-state index contributed by atoms with van der Waals surface area (Å²) in [6.07, 6.45) is 0.874. The van der Waals surface area contributed by atoms with Crippen LogP contribution in [-0.4, -0.2) is 24.3 Å². The lowest BCUT2D eigenvalue weighted by Gasteiger charge is -2.33. The number of rotatable bonds is 2. The first-order valence-electron chi connectivity index (χ1n) is 5.70. The Kier molecular flexibility index (Phi) is 3.39. The van der Waals surface area contributed by atoms with E-state index in [1.54, 1.807) is 0 Å². The molecule has 82 valence electrons. The van der Waals surface area contributed by atoms with Crippen LogP contribution in [0.25, 0.3) is 0 Å². The number of benzene rings is 1. The van der Waals surface area contributed by atoms with Crippen LogP contribution in [0.3, 0.4) is 0 Å². The van der Waals surface area contributed by atoms with Gasteiger partial charge in [-0.05, 0) is 30.4 Å². The summed E-state index contributed by atoms with van der Waals surface area (Å²) >= 11 is 0. The number of aliphatic hydroxyl groups excluding tert-OH is 1. The first-order chi connectivity index (χ1) is 7.27. The third-order valence-electron chi connectivity index (χ3n) is 3.45. The standard InChI is InChI=1S/C13H19NO/c1-10-12(8-14-9-13(10)15)7-11-5-3-2-4-6-11/h2-6,10,12-15H,7-9H2,1H3. The third kappa shape index (κ3) is 2.58. The van der Waals surface area contributed by atoms with Crippen molar-refractivity contribution in [3.63, 3.8) is 0 Å². The predicted octanol–water partition coefficient (Wildman–Crippen LogP) is 1.45. The van der Waals surface area contributed by atoms with Gasteiger partial charge in [-0.1, -0.05) is 37.3 Å². The SMILES string of the molecule is CC1C(O)CNCC1Cc1ccccc1. The fourth-order valence-electron chi connectivity index (χ4n) is 2.28. The van der Waals surface area contributed by atoms with Crippen molar-refractivity contribution >= 4 is 0 Å². The Balaban J connectivity index is 1.99. The van der Waals surface area contributed by atoms with Gasteiger partial charge in [0.25, 0.3) is 0 Å². The van der Waals surface area contributed by atoms with Crippen molar-refractivity contribution in [3.8, 4) is 0 Å². The van der Waals surface area contributed by atoms with Crippen molar-refractivity contribution in [2.45, 2.75) is 19.4 Å². The lowest BCUT2D eigenvalue weighted by Crippen LogP contribution is -2.46. The highest BCUT2D eigenvalue weighted by Gasteiger charge is 2.27. The van der Waals surface area contributed by atoms with Crippen molar-refractivity contribution in [2.75, 3.05) is 13.1 Å². The maximum Gasteiger partial charge on any atom is 0.0693 e. The quantitative estimate of drug-likeness (QED) is 0.766. The molecule has 3 atom stereocenters. The Hall–Kier alpha value is -0.860. The molecule has 2 heteroatoms. The Labute approximate surface area is 91.3 Å². The molecule has 0 aliphatic carbocycles. The van der Waals surface area contributed by atoms with Gasteiger partial charge in [-0.25, -0.2) is 0 Å². The molecule has 2 N–H and O–H groups in total. The topological polar surface area (TPSA) is 32.3 Å². The highest BCUT2D eigenvalue weighted by molar-refractivity contribution is 5.15. The second-order valence-corrected chi connectivity index (χ2v) is 4.53. The number of hydrogen-bond donors (Lipinski definition) is 2. The van der Waals surface area contributed by atoms with E-state index < -0.39 is 0 Å². The zero-order valence-corrected chi connectivity index (χ0v) is 9.19. The molecule has 0 spiro atoms. The zero-order chi connectivity index (χ0) is 10.7. The molecule has 3 unspecified atom stereocenters. The van der Waals surface area contributed by atoms with Gasteiger partial charge in [0.2, 0.25) is 0 Å². The van der Waals surface area contributed by atoms with Gasteiger partial charge >= 0.3 is 0 Å². The minimum Gasteiger partial charge on any atom is -0.392 e. The van der Waals surface area contributed by atoms with Gasteiger partial charge in [-0.15, -0.1) is 0 Å². The highest BCUT2D eigenvalue weighted by atomic mass is 16.3. The molecular weight excluding hydrogens is 186 g/mol. The Morgan fingerprint density at radius 1 is 1.27 bits per heavy atom. The monoisotopic (exact) mass is 205 g/mol. The molecule has 2 nitrogen and oxygen atoms in total. The summed E-state index contributed by atoms with van der Waals surface area (Å²) in [5.74, 6) is 0.947. The maximum absolute atomic E-state index is 9.76. The summed E-state index contributed by atoms with van der Waals surface area (Å²) in [6, 6.07) is 10.5. The number of aliphatic hydroxyl groups is 1. The molecule has 0 amide bonds. The highest BCUT2D eigenvalue weighted by Crippen LogP contribution is 2.22. The van der Waals surface area contributed by atoms with Crippen molar-refractivity contribution in [1.29, 1.82) is 0 Å². The molecule has 15 heavy (non-hydrogen) atoms. The van der Waals surface area contributed by atoms with Crippen molar-refractivity contribution < 1.29 is 5.11 Å². The summed E-state index contributed by atoms with van der Waals surface area (Å²) in [5, 5.41) is 13.0. The summed E-state index contributed by atoms with van der Waals surface area (Å²) in [5.41, 5.74) is 1.37. The molecule has 2 rings (SSSR count). The molecule has 1 fully saturated rings. The smallest absolute Gasteiger partial charge is 0.0693 e. The van der Waals surface area contributed by atoms with Crippen LogP contribution in [0.5, 0.6) is 0 Å². The van der Waals surface area contributed by atoms with Crippen LogP contribution >= 0.6 is 0 Å². The fraction of sp³-hybridized carbons (Fsp3) is 0.538. The molecular formula is C13H19NO. The van der Waals surface area contributed by atoms with Crippen LogP contribution in [0.1, 0.15) is 12.5 Å². The lowest BCUT2D eigenvalue weighted by molar-refractivity contribution is 0.0556. The second kappa shape index (κ2) is 4.77. The van der Waals surface area contributed by atoms with E-state index in [1.165, 1.54) is 5.56 Å². The van der Waals surface area contributed by atoms with E-state index in [0.717, 1.165) is 19.5 Å². The fourth-order valence-corrected chi connectivity index (χ4v) is 2.28. The van der Waals surface area contributed by atoms with Crippen molar-refractivity contribution in [2.24, 2.45) is 11.8 Å². The molecule has 1 aliphatic rings. The Morgan fingerprint density at radius 3 is 2.73 bits per heavy atom. The lowest BCUT2D eigenvalue weighted by atomic mass is 9.82. The summed E-state index contributed by atoms with van der Waals surface area (Å²) in [7, 11) is 0. The van der Waals surface area contributed by atoms with Gasteiger partial charge in [0, 0.05) is 6.54 Å². The largest absolute Gasteiger partial charge is 0.392 e. The number of β-amino-alcohol motifs (C(OH)–C–C–N with tert-alkyl or cyclic N) is 1. The van der Waals surface area contributed by atoms with Crippen LogP contribution in [0.15, 0.2) is 30.3 Å². The molecule has 1 heterocycles. The zero-order valence-electron chi connectivity index (χ0n) is 9.19. The first kappa shape index (κ1) is 10.7. The normalized spacial score (nSPS) is 31.5. The minimum atomic E-state index is -0.188. The molecule has 0 saturated carbocycles. The molecule has 1 aliphatic heterocycles. The van der Waals surface area contributed by atoms with Crippen LogP contribution in [0.4, 0.5) is 0 Å². The van der Waals surface area contributed by atoms with Crippen molar-refractivity contribution in [3.05, 3.63) is 35.9 Å². The molecule has 0 radical (unpaired) electrons. The van der Waals surface area contributed by atoms with E-state index in [-0.39, 0.29) is 6.10 Å². The molecule has 1 saturated heterocycles. The molecule has 0 aromatic heterocycles. The average molecular weight is 205 g/mol. The molecule has 1 aromatic carbocycles. The van der Waals surface area contributed by atoms with Gasteiger partial charge in [-0.3, -0.25) is 0 Å². The summed E-state index contributed by atoms with van der Waals surface area (Å²) < 4.78 is 0. The van der Waals surface area contributed by atoms with Gasteiger partial charge in [0.15, 0.2) is 0 Å². The first-order valence-corrected chi connectivity index (χ1v) is 5.70. The van der Waals surface area contributed by atoms with Crippen molar-refractivity contribution in [1.82, 2.24) is 5.32 Å². The summed E-state index contributed by atoms with van der Waals surface area (Å²) in [4.78, 5) is 0. The Bertz CT molecular complexity index is 299.